The number of benzene rings is 3. The van der Waals surface area contributed by atoms with E-state index in [4.69, 9.17) is 4.74 Å². The number of sulfonamides is 1. The van der Waals surface area contributed by atoms with E-state index in [-0.39, 0.29) is 16.1 Å². The van der Waals surface area contributed by atoms with Crippen molar-refractivity contribution in [3.05, 3.63) is 94.0 Å². The summed E-state index contributed by atoms with van der Waals surface area (Å²) in [6, 6.07) is 17.2. The van der Waals surface area contributed by atoms with Crippen LogP contribution in [0.25, 0.3) is 0 Å². The third-order valence-electron chi connectivity index (χ3n) is 4.70. The first kappa shape index (κ1) is 24.4. The number of carbonyl (C=O) groups excluding carboxylic acids is 2. The van der Waals surface area contributed by atoms with Crippen LogP contribution in [0.4, 0.5) is 17.1 Å². The summed E-state index contributed by atoms with van der Waals surface area (Å²) < 4.78 is 33.0. The molecular weight excluding hydrogens is 462 g/mol. The van der Waals surface area contributed by atoms with Crippen molar-refractivity contribution in [1.29, 1.82) is 0 Å². The summed E-state index contributed by atoms with van der Waals surface area (Å²) >= 11 is 0. The van der Waals surface area contributed by atoms with Gasteiger partial charge in [-0.15, -0.1) is 0 Å². The van der Waals surface area contributed by atoms with Crippen LogP contribution in [0.1, 0.15) is 22.8 Å². The molecule has 0 aromatic heterocycles. The van der Waals surface area contributed by atoms with Crippen molar-refractivity contribution < 1.29 is 27.7 Å². The molecule has 0 aliphatic heterocycles. The van der Waals surface area contributed by atoms with Crippen LogP contribution < -0.4 is 10.0 Å². The quantitative estimate of drug-likeness (QED) is 0.281. The van der Waals surface area contributed by atoms with E-state index >= 15 is 0 Å². The molecule has 3 aromatic carbocycles. The summed E-state index contributed by atoms with van der Waals surface area (Å²) in [5, 5.41) is 13.6. The Balaban J connectivity index is 1.75. The molecule has 0 aliphatic rings. The predicted octanol–water partition coefficient (Wildman–Crippen LogP) is 3.89. The van der Waals surface area contributed by atoms with Crippen LogP contribution >= 0.6 is 0 Å². The molecule has 0 aliphatic carbocycles. The normalized spacial score (nSPS) is 11.8. The number of ether oxygens (including phenoxy) is 1. The van der Waals surface area contributed by atoms with Crippen molar-refractivity contribution in [1.82, 2.24) is 0 Å². The van der Waals surface area contributed by atoms with Crippen LogP contribution in [0, 0.1) is 17.0 Å². The van der Waals surface area contributed by atoms with Crippen molar-refractivity contribution >= 4 is 39.0 Å². The predicted molar refractivity (Wildman–Crippen MR) is 125 cm³/mol. The highest BCUT2D eigenvalue weighted by Gasteiger charge is 2.24. The van der Waals surface area contributed by atoms with E-state index in [1.54, 1.807) is 12.1 Å². The molecule has 0 radical (unpaired) electrons. The van der Waals surface area contributed by atoms with Crippen molar-refractivity contribution in [2.75, 3.05) is 10.0 Å². The fraction of sp³-hybridized carbons (Fsp3) is 0.130. The maximum Gasteiger partial charge on any atom is 0.341 e. The molecule has 1 amide bonds. The number of nitrogens with one attached hydrogen (secondary N) is 2. The highest BCUT2D eigenvalue weighted by Crippen LogP contribution is 2.23. The number of nitro groups is 1. The zero-order chi connectivity index (χ0) is 24.9. The van der Waals surface area contributed by atoms with Crippen LogP contribution in [-0.4, -0.2) is 31.3 Å². The number of hydrogen-bond acceptors (Lipinski definition) is 7. The maximum absolute atomic E-state index is 12.8. The lowest BCUT2D eigenvalue weighted by molar-refractivity contribution is -0.385. The van der Waals surface area contributed by atoms with E-state index in [0.717, 1.165) is 17.7 Å². The molecule has 0 spiro atoms. The Kier molecular flexibility index (Phi) is 7.27. The van der Waals surface area contributed by atoms with Crippen LogP contribution in [-0.2, 0) is 19.6 Å². The van der Waals surface area contributed by atoms with Crippen LogP contribution in [0.5, 0.6) is 0 Å². The summed E-state index contributed by atoms with van der Waals surface area (Å²) in [4.78, 5) is 35.0. The highest BCUT2D eigenvalue weighted by atomic mass is 32.2. The number of amides is 1. The summed E-state index contributed by atoms with van der Waals surface area (Å²) in [6.07, 6.45) is -1.17. The van der Waals surface area contributed by atoms with Gasteiger partial charge in [-0.2, -0.15) is 0 Å². The molecule has 11 heteroatoms. The Hall–Kier alpha value is -4.25. The minimum atomic E-state index is -4.26. The molecule has 0 heterocycles. The number of hydrogen-bond donors (Lipinski definition) is 2. The lowest BCUT2D eigenvalue weighted by atomic mass is 10.2. The molecule has 0 saturated heterocycles. The summed E-state index contributed by atoms with van der Waals surface area (Å²) in [5.74, 6) is -1.49. The SMILES string of the molecule is Cc1ccc(NC(=O)C(C)OC(=O)c2ccccc2NS(=O)(=O)c2cccc([N+](=O)[O-])c2)cc1. The third-order valence-corrected chi connectivity index (χ3v) is 6.07. The fourth-order valence-electron chi connectivity index (χ4n) is 2.88. The number of para-hydroxylation sites is 1. The van der Waals surface area contributed by atoms with E-state index in [1.165, 1.54) is 43.3 Å². The number of aryl methyl sites for hydroxylation is 1. The number of carbonyl (C=O) groups is 2. The van der Waals surface area contributed by atoms with Crippen molar-refractivity contribution in [3.8, 4) is 0 Å². The van der Waals surface area contributed by atoms with Gasteiger partial charge in [0.15, 0.2) is 6.10 Å². The Morgan fingerprint density at radius 1 is 1.00 bits per heavy atom. The lowest BCUT2D eigenvalue weighted by Crippen LogP contribution is -2.30. The van der Waals surface area contributed by atoms with E-state index in [9.17, 15) is 28.1 Å². The number of rotatable bonds is 8. The largest absolute Gasteiger partial charge is 0.449 e. The first-order chi connectivity index (χ1) is 16.1. The fourth-order valence-corrected chi connectivity index (χ4v) is 4.00. The summed E-state index contributed by atoms with van der Waals surface area (Å²) in [7, 11) is -4.26. The highest BCUT2D eigenvalue weighted by molar-refractivity contribution is 7.92. The van der Waals surface area contributed by atoms with Gasteiger partial charge < -0.3 is 10.1 Å². The molecule has 176 valence electrons. The zero-order valence-corrected chi connectivity index (χ0v) is 19.0. The molecule has 0 bridgehead atoms. The number of nitrogens with zero attached hydrogens (tertiary/aromatic N) is 1. The zero-order valence-electron chi connectivity index (χ0n) is 18.2. The van der Waals surface area contributed by atoms with E-state index in [1.807, 2.05) is 19.1 Å². The van der Waals surface area contributed by atoms with Gasteiger partial charge in [0, 0.05) is 17.8 Å². The lowest BCUT2D eigenvalue weighted by Gasteiger charge is -2.16. The van der Waals surface area contributed by atoms with Crippen molar-refractivity contribution in [2.45, 2.75) is 24.8 Å². The molecule has 1 unspecified atom stereocenters. The molecule has 10 nitrogen and oxygen atoms in total. The molecular formula is C23H21N3O7S. The molecule has 3 aromatic rings. The first-order valence-corrected chi connectivity index (χ1v) is 11.5. The first-order valence-electron chi connectivity index (χ1n) is 10.0. The average molecular weight is 484 g/mol. The van der Waals surface area contributed by atoms with Crippen molar-refractivity contribution in [3.63, 3.8) is 0 Å². The molecule has 3 rings (SSSR count). The van der Waals surface area contributed by atoms with E-state index in [0.29, 0.717) is 5.69 Å². The molecule has 1 atom stereocenters. The smallest absolute Gasteiger partial charge is 0.341 e. The third kappa shape index (κ3) is 5.95. The molecule has 0 saturated carbocycles. The van der Waals surface area contributed by atoms with Gasteiger partial charge in [-0.1, -0.05) is 35.9 Å². The molecule has 34 heavy (non-hydrogen) atoms. The standard InChI is InChI=1S/C23H21N3O7S/c1-15-10-12-17(13-11-15)24-22(27)16(2)33-23(28)20-8-3-4-9-21(20)25-34(31,32)19-7-5-6-18(14-19)26(29)30/h3-14,16,25H,1-2H3,(H,24,27). The van der Waals surface area contributed by atoms with Crippen molar-refractivity contribution in [2.24, 2.45) is 0 Å². The Morgan fingerprint density at radius 2 is 1.68 bits per heavy atom. The second-order valence-corrected chi connectivity index (χ2v) is 8.99. The summed E-state index contributed by atoms with van der Waals surface area (Å²) in [6.45, 7) is 3.29. The number of nitro benzene ring substituents is 1. The van der Waals surface area contributed by atoms with Gasteiger partial charge in [0.2, 0.25) is 0 Å². The summed E-state index contributed by atoms with van der Waals surface area (Å²) in [5.41, 5.74) is 0.908. The minimum absolute atomic E-state index is 0.106. The number of non-ortho nitro benzene ring substituents is 1. The van der Waals surface area contributed by atoms with Gasteiger partial charge in [-0.25, -0.2) is 13.2 Å². The maximum atomic E-state index is 12.8. The van der Waals surface area contributed by atoms with Gasteiger partial charge in [0.25, 0.3) is 21.6 Å². The average Bonchev–Trinajstić information content (AvgIpc) is 2.80. The van der Waals surface area contributed by atoms with Crippen LogP contribution in [0.2, 0.25) is 0 Å². The Bertz CT molecular complexity index is 1340. The second-order valence-electron chi connectivity index (χ2n) is 7.31. The topological polar surface area (TPSA) is 145 Å². The Labute approximate surface area is 195 Å². The van der Waals surface area contributed by atoms with E-state index < -0.39 is 38.6 Å². The van der Waals surface area contributed by atoms with Crippen LogP contribution in [0.15, 0.2) is 77.7 Å². The van der Waals surface area contributed by atoms with Crippen LogP contribution in [0.3, 0.4) is 0 Å². The molecule has 2 N–H and O–H groups in total. The second kappa shape index (κ2) is 10.1. The van der Waals surface area contributed by atoms with Gasteiger partial charge in [0.05, 0.1) is 21.1 Å². The van der Waals surface area contributed by atoms with Gasteiger partial charge in [0.1, 0.15) is 0 Å². The van der Waals surface area contributed by atoms with Gasteiger partial charge in [-0.3, -0.25) is 19.6 Å². The van der Waals surface area contributed by atoms with Gasteiger partial charge in [-0.05, 0) is 44.2 Å². The molecule has 0 fully saturated rings. The monoisotopic (exact) mass is 483 g/mol. The number of anilines is 2. The van der Waals surface area contributed by atoms with Gasteiger partial charge >= 0.3 is 5.97 Å². The Morgan fingerprint density at radius 3 is 2.35 bits per heavy atom. The van der Waals surface area contributed by atoms with E-state index in [2.05, 4.69) is 10.0 Å². The minimum Gasteiger partial charge on any atom is -0.449 e. The number of esters is 1.